The molecule has 2 aliphatic rings. The summed E-state index contributed by atoms with van der Waals surface area (Å²) in [4.78, 5) is 2.60. The molecular formula is C18H24BrIN2O. The summed E-state index contributed by atoms with van der Waals surface area (Å²) >= 11 is 3.40. The van der Waals surface area contributed by atoms with E-state index >= 15 is 0 Å². The summed E-state index contributed by atoms with van der Waals surface area (Å²) in [6, 6.07) is 8.69. The van der Waals surface area contributed by atoms with Crippen molar-refractivity contribution in [3.8, 4) is 0 Å². The lowest BCUT2D eigenvalue weighted by atomic mass is 10.1. The Kier molecular flexibility index (Phi) is 6.15. The molecule has 1 fully saturated rings. The van der Waals surface area contributed by atoms with Crippen molar-refractivity contribution in [2.75, 3.05) is 13.2 Å². The van der Waals surface area contributed by atoms with Crippen LogP contribution in [0, 0.1) is 0 Å². The summed E-state index contributed by atoms with van der Waals surface area (Å²) in [5.74, 6) is 0. The molecule has 0 saturated carbocycles. The van der Waals surface area contributed by atoms with Crippen LogP contribution in [0.1, 0.15) is 45.1 Å². The maximum Gasteiger partial charge on any atom is 0.135 e. The quantitative estimate of drug-likeness (QED) is 0.418. The highest BCUT2D eigenvalue weighted by atomic mass is 127. The second-order valence-corrected chi connectivity index (χ2v) is 9.60. The number of benzene rings is 1. The molecule has 5 heteroatoms. The van der Waals surface area contributed by atoms with Gasteiger partial charge in [0.1, 0.15) is 6.23 Å². The minimum Gasteiger partial charge on any atom is -0.358 e. The Morgan fingerprint density at radius 1 is 1.22 bits per heavy atom. The number of rotatable bonds is 4. The van der Waals surface area contributed by atoms with Crippen molar-refractivity contribution in [1.29, 1.82) is 0 Å². The lowest BCUT2D eigenvalue weighted by molar-refractivity contribution is 0.0302. The first-order valence-corrected chi connectivity index (χ1v) is 11.2. The van der Waals surface area contributed by atoms with Crippen LogP contribution in [0.3, 0.4) is 0 Å². The van der Waals surface area contributed by atoms with Gasteiger partial charge in [-0.3, -0.25) is 3.11 Å². The van der Waals surface area contributed by atoms with E-state index in [1.165, 1.54) is 36.9 Å². The number of fused-ring (bicyclic) bond motifs is 1. The van der Waals surface area contributed by atoms with Crippen molar-refractivity contribution in [1.82, 2.24) is 8.01 Å². The van der Waals surface area contributed by atoms with Gasteiger partial charge < -0.3 is 9.64 Å². The van der Waals surface area contributed by atoms with E-state index in [9.17, 15) is 0 Å². The molecule has 0 amide bonds. The van der Waals surface area contributed by atoms with Crippen LogP contribution in [-0.4, -0.2) is 31.0 Å². The summed E-state index contributed by atoms with van der Waals surface area (Å²) < 4.78 is 11.1. The Morgan fingerprint density at radius 2 is 2.00 bits per heavy atom. The first kappa shape index (κ1) is 17.4. The molecule has 1 aromatic rings. The van der Waals surface area contributed by atoms with Crippen molar-refractivity contribution in [2.45, 2.75) is 45.8 Å². The smallest absolute Gasteiger partial charge is 0.135 e. The molecule has 2 heterocycles. The summed E-state index contributed by atoms with van der Waals surface area (Å²) in [5, 5.41) is 0. The van der Waals surface area contributed by atoms with E-state index in [1.54, 1.807) is 3.63 Å². The van der Waals surface area contributed by atoms with E-state index in [-0.39, 0.29) is 27.2 Å². The van der Waals surface area contributed by atoms with Crippen LogP contribution in [-0.2, 0) is 4.74 Å². The largest absolute Gasteiger partial charge is 0.358 e. The van der Waals surface area contributed by atoms with E-state index < -0.39 is 0 Å². The third-order valence-electron chi connectivity index (χ3n) is 4.18. The summed E-state index contributed by atoms with van der Waals surface area (Å²) in [6.45, 7) is 6.17. The Bertz CT molecular complexity index is 600. The van der Waals surface area contributed by atoms with E-state index in [0.29, 0.717) is 0 Å². The molecule has 126 valence electrons. The minimum absolute atomic E-state index is 0.143. The number of hydrogen-bond acceptors (Lipinski definition) is 3. The van der Waals surface area contributed by atoms with Gasteiger partial charge in [-0.15, -0.1) is 0 Å². The molecule has 0 spiro atoms. The van der Waals surface area contributed by atoms with Crippen LogP contribution in [0.25, 0.3) is 5.70 Å². The molecule has 0 N–H and O–H groups in total. The first-order valence-electron chi connectivity index (χ1n) is 8.35. The SMILES string of the molecule is CCOC(C)N1C=C(c2ccc(Br)cc2)N2CCCCCC2=I1. The fraction of sp³-hybridized carbons (Fsp3) is 0.500. The predicted octanol–water partition coefficient (Wildman–Crippen LogP) is 5.34. The standard InChI is InChI=1S/C18H24BrIN2O/c1-3-23-14(2)22-13-17(15-8-10-16(19)11-9-15)21-12-6-4-5-7-18(21)20-22/h8-11,13-14H,3-7,12H2,1-2H3. The van der Waals surface area contributed by atoms with Gasteiger partial charge in [-0.2, -0.15) is 0 Å². The maximum atomic E-state index is 5.87. The highest BCUT2D eigenvalue weighted by molar-refractivity contribution is 14.2. The number of ether oxygens (including phenoxy) is 1. The van der Waals surface area contributed by atoms with Gasteiger partial charge in [-0.1, -0.05) is 34.5 Å². The molecule has 1 unspecified atom stereocenters. The Balaban J connectivity index is 1.96. The summed E-state index contributed by atoms with van der Waals surface area (Å²) in [7, 11) is 0. The third kappa shape index (κ3) is 4.17. The molecule has 23 heavy (non-hydrogen) atoms. The molecule has 1 atom stereocenters. The van der Waals surface area contributed by atoms with Crippen LogP contribution in [0.5, 0.6) is 0 Å². The van der Waals surface area contributed by atoms with Crippen LogP contribution in [0.2, 0.25) is 0 Å². The molecule has 0 radical (unpaired) electrons. The topological polar surface area (TPSA) is 15.7 Å². The van der Waals surface area contributed by atoms with Gasteiger partial charge in [0.25, 0.3) is 0 Å². The lowest BCUT2D eigenvalue weighted by Gasteiger charge is -2.36. The molecule has 3 nitrogen and oxygen atoms in total. The molecular weight excluding hydrogens is 467 g/mol. The van der Waals surface area contributed by atoms with Crippen LogP contribution in [0.4, 0.5) is 0 Å². The monoisotopic (exact) mass is 490 g/mol. The van der Waals surface area contributed by atoms with E-state index in [0.717, 1.165) is 17.6 Å². The number of halogens is 2. The average Bonchev–Trinajstić information content (AvgIpc) is 2.80. The van der Waals surface area contributed by atoms with Crippen LogP contribution < -0.4 is 0 Å². The second-order valence-electron chi connectivity index (χ2n) is 5.84. The molecule has 0 bridgehead atoms. The zero-order valence-corrected chi connectivity index (χ0v) is 17.5. The zero-order valence-electron chi connectivity index (χ0n) is 13.8. The first-order chi connectivity index (χ1) is 11.2. The van der Waals surface area contributed by atoms with Crippen LogP contribution >= 0.6 is 36.9 Å². The highest BCUT2D eigenvalue weighted by Crippen LogP contribution is 2.35. The molecule has 3 rings (SSSR count). The van der Waals surface area contributed by atoms with Gasteiger partial charge in [0.15, 0.2) is 0 Å². The van der Waals surface area contributed by atoms with Gasteiger partial charge in [0, 0.05) is 44.8 Å². The average molecular weight is 491 g/mol. The van der Waals surface area contributed by atoms with Crippen molar-refractivity contribution in [2.24, 2.45) is 0 Å². The fourth-order valence-electron chi connectivity index (χ4n) is 2.97. The molecule has 1 saturated heterocycles. The number of hydrogen-bond donors (Lipinski definition) is 0. The van der Waals surface area contributed by atoms with Crippen molar-refractivity contribution in [3.63, 3.8) is 0 Å². The summed E-state index contributed by atoms with van der Waals surface area (Å²) in [6.07, 6.45) is 7.72. The van der Waals surface area contributed by atoms with Gasteiger partial charge in [0.05, 0.1) is 9.33 Å². The van der Waals surface area contributed by atoms with Gasteiger partial charge in [-0.25, -0.2) is 0 Å². The van der Waals surface area contributed by atoms with Crippen LogP contribution in [0.15, 0.2) is 34.9 Å². The maximum absolute atomic E-state index is 5.87. The highest BCUT2D eigenvalue weighted by Gasteiger charge is 2.26. The van der Waals surface area contributed by atoms with Gasteiger partial charge in [-0.05, 0) is 50.8 Å². The Labute approximate surface area is 157 Å². The van der Waals surface area contributed by atoms with Crippen molar-refractivity contribution < 1.29 is 4.74 Å². The lowest BCUT2D eigenvalue weighted by Crippen LogP contribution is -2.35. The normalized spacial score (nSPS) is 20.0. The van der Waals surface area contributed by atoms with E-state index in [2.05, 4.69) is 68.3 Å². The van der Waals surface area contributed by atoms with Gasteiger partial charge in [0.2, 0.25) is 0 Å². The van der Waals surface area contributed by atoms with E-state index in [1.807, 2.05) is 0 Å². The predicted molar refractivity (Wildman–Crippen MR) is 109 cm³/mol. The zero-order chi connectivity index (χ0) is 16.2. The second kappa shape index (κ2) is 8.12. The Hall–Kier alpha value is -0.400. The van der Waals surface area contributed by atoms with Crippen molar-refractivity contribution in [3.05, 3.63) is 40.5 Å². The van der Waals surface area contributed by atoms with E-state index in [4.69, 9.17) is 4.74 Å². The molecule has 1 aromatic carbocycles. The number of nitrogens with zero attached hydrogens (tertiary/aromatic N) is 2. The molecule has 0 aromatic heterocycles. The fourth-order valence-corrected chi connectivity index (χ4v) is 6.22. The Morgan fingerprint density at radius 3 is 2.74 bits per heavy atom. The third-order valence-corrected chi connectivity index (χ3v) is 8.01. The summed E-state index contributed by atoms with van der Waals surface area (Å²) in [5.41, 5.74) is 2.64. The van der Waals surface area contributed by atoms with Crippen molar-refractivity contribution >= 4 is 46.3 Å². The molecule has 2 aliphatic heterocycles. The van der Waals surface area contributed by atoms with Gasteiger partial charge >= 0.3 is 0 Å². The minimum atomic E-state index is -0.143. The molecule has 0 aliphatic carbocycles.